The molecule has 1 aromatic heterocycles. The number of H-pyrrole nitrogens is 1. The van der Waals surface area contributed by atoms with Crippen LogP contribution in [0.15, 0.2) is 21.9 Å². The van der Waals surface area contributed by atoms with Crippen molar-refractivity contribution in [1.82, 2.24) is 9.55 Å². The Kier molecular flexibility index (Phi) is 10.5. The second kappa shape index (κ2) is 12.3. The highest BCUT2D eigenvalue weighted by Crippen LogP contribution is 2.53. The van der Waals surface area contributed by atoms with Crippen LogP contribution in [0.3, 0.4) is 0 Å². The SMILES string of the molecule is CCCCC[C@@]1(O)[C@@H](C(OO[SiH](C)C)C(C)(C)C)O[C@@H](n2ccc(=O)[nH]c2=O)[C@@]1(O)CCCCC. The number of aromatic nitrogens is 2. The van der Waals surface area contributed by atoms with E-state index in [4.69, 9.17) is 14.2 Å². The smallest absolute Gasteiger partial charge is 0.330 e. The van der Waals surface area contributed by atoms with Crippen LogP contribution in [0.2, 0.25) is 13.1 Å². The van der Waals surface area contributed by atoms with Gasteiger partial charge in [0.05, 0.1) is 0 Å². The average molecular weight is 515 g/mol. The van der Waals surface area contributed by atoms with Crippen molar-refractivity contribution in [2.24, 2.45) is 5.41 Å². The minimum atomic E-state index is -1.79. The Morgan fingerprint density at radius 3 is 2.14 bits per heavy atom. The van der Waals surface area contributed by atoms with Crippen LogP contribution in [0.4, 0.5) is 0 Å². The van der Waals surface area contributed by atoms with Crippen LogP contribution in [-0.4, -0.2) is 52.2 Å². The van der Waals surface area contributed by atoms with Crippen molar-refractivity contribution in [3.8, 4) is 0 Å². The molecule has 2 heterocycles. The summed E-state index contributed by atoms with van der Waals surface area (Å²) in [5.74, 6) is 0. The van der Waals surface area contributed by atoms with Gasteiger partial charge in [0.25, 0.3) is 5.56 Å². The first-order valence-corrected chi connectivity index (χ1v) is 15.8. The van der Waals surface area contributed by atoms with E-state index < -0.39 is 55.3 Å². The molecule has 0 saturated carbocycles. The Balaban J connectivity index is 2.68. The molecule has 202 valence electrons. The largest absolute Gasteiger partial charge is 0.384 e. The molecule has 35 heavy (non-hydrogen) atoms. The van der Waals surface area contributed by atoms with Crippen molar-refractivity contribution in [2.45, 2.75) is 129 Å². The van der Waals surface area contributed by atoms with Crippen molar-refractivity contribution in [3.05, 3.63) is 33.1 Å². The summed E-state index contributed by atoms with van der Waals surface area (Å²) in [6.45, 7) is 14.0. The Morgan fingerprint density at radius 1 is 1.09 bits per heavy atom. The fraction of sp³-hybridized carbons (Fsp3) is 0.840. The topological polar surface area (TPSA) is 123 Å². The van der Waals surface area contributed by atoms with E-state index in [0.717, 1.165) is 25.7 Å². The van der Waals surface area contributed by atoms with Crippen LogP contribution in [0, 0.1) is 5.41 Å². The molecule has 10 heteroatoms. The number of hydrogen-bond donors (Lipinski definition) is 3. The van der Waals surface area contributed by atoms with Gasteiger partial charge >= 0.3 is 5.69 Å². The molecule has 0 bridgehead atoms. The van der Waals surface area contributed by atoms with Gasteiger partial charge < -0.3 is 14.9 Å². The van der Waals surface area contributed by atoms with E-state index in [2.05, 4.69) is 18.8 Å². The van der Waals surface area contributed by atoms with Gasteiger partial charge in [0.15, 0.2) is 6.23 Å². The maximum absolute atomic E-state index is 12.8. The van der Waals surface area contributed by atoms with Gasteiger partial charge in [-0.05, 0) is 31.4 Å². The van der Waals surface area contributed by atoms with E-state index in [1.54, 1.807) is 0 Å². The molecule has 1 aromatic rings. The molecule has 1 aliphatic rings. The normalized spacial score (nSPS) is 28.1. The van der Waals surface area contributed by atoms with E-state index in [0.29, 0.717) is 12.8 Å². The standard InChI is InChI=1S/C25H46N2O7Si/c1-8-10-12-15-24(30)20(19(23(3,4)5)33-34-35(6)7)32-21(25(24,31)16-13-11-9-2)27-17-14-18(28)26-22(27)29/h14,17,19-21,30-31,35H,8-13,15-16H2,1-7H3,(H,26,28,29)/t19?,20-,21-,24-,25+/m1/s1. The lowest BCUT2D eigenvalue weighted by atomic mass is 9.69. The van der Waals surface area contributed by atoms with Gasteiger partial charge in [0.2, 0.25) is 9.04 Å². The second-order valence-corrected chi connectivity index (χ2v) is 13.5. The third-order valence-electron chi connectivity index (χ3n) is 6.81. The highest BCUT2D eigenvalue weighted by Gasteiger charge is 2.68. The first-order valence-electron chi connectivity index (χ1n) is 13.1. The van der Waals surface area contributed by atoms with Gasteiger partial charge in [-0.1, -0.05) is 73.1 Å². The van der Waals surface area contributed by atoms with E-state index in [1.807, 2.05) is 33.9 Å². The van der Waals surface area contributed by atoms with Crippen LogP contribution >= 0.6 is 0 Å². The fourth-order valence-electron chi connectivity index (χ4n) is 4.86. The van der Waals surface area contributed by atoms with E-state index in [-0.39, 0.29) is 12.8 Å². The van der Waals surface area contributed by atoms with Gasteiger partial charge in [-0.25, -0.2) is 9.68 Å². The quantitative estimate of drug-likeness (QED) is 0.160. The lowest BCUT2D eigenvalue weighted by molar-refractivity contribution is -0.312. The molecular formula is C25H46N2O7Si. The van der Waals surface area contributed by atoms with E-state index in [1.165, 1.54) is 16.8 Å². The summed E-state index contributed by atoms with van der Waals surface area (Å²) >= 11 is 0. The van der Waals surface area contributed by atoms with Crippen LogP contribution in [0.25, 0.3) is 0 Å². The molecular weight excluding hydrogens is 468 g/mol. The Bertz CT molecular complexity index is 912. The number of nitrogens with zero attached hydrogens (tertiary/aromatic N) is 1. The van der Waals surface area contributed by atoms with Crippen molar-refractivity contribution in [2.75, 3.05) is 0 Å². The zero-order valence-electron chi connectivity index (χ0n) is 22.5. The molecule has 9 nitrogen and oxygen atoms in total. The Morgan fingerprint density at radius 2 is 1.66 bits per heavy atom. The number of aromatic amines is 1. The highest BCUT2D eigenvalue weighted by molar-refractivity contribution is 6.48. The van der Waals surface area contributed by atoms with Crippen molar-refractivity contribution >= 4 is 9.04 Å². The molecule has 0 aliphatic carbocycles. The second-order valence-electron chi connectivity index (χ2n) is 11.2. The zero-order chi connectivity index (χ0) is 26.4. The fourth-order valence-corrected chi connectivity index (χ4v) is 5.20. The summed E-state index contributed by atoms with van der Waals surface area (Å²) in [6.07, 6.45) is 3.85. The molecule has 1 unspecified atom stereocenters. The van der Waals surface area contributed by atoms with Gasteiger partial charge in [-0.15, -0.1) is 0 Å². The van der Waals surface area contributed by atoms with Gasteiger partial charge in [0.1, 0.15) is 23.4 Å². The number of ether oxygens (including phenoxy) is 1. The molecule has 5 atom stereocenters. The molecule has 2 rings (SSSR count). The summed E-state index contributed by atoms with van der Waals surface area (Å²) in [5, 5.41) is 24.7. The summed E-state index contributed by atoms with van der Waals surface area (Å²) in [6, 6.07) is 1.21. The maximum Gasteiger partial charge on any atom is 0.330 e. The number of hydrogen-bond acceptors (Lipinski definition) is 7. The molecule has 1 saturated heterocycles. The number of unbranched alkanes of at least 4 members (excludes halogenated alkanes) is 4. The summed E-state index contributed by atoms with van der Waals surface area (Å²) in [7, 11) is -1.57. The molecule has 0 radical (unpaired) electrons. The molecule has 1 aliphatic heterocycles. The molecule has 1 fully saturated rings. The van der Waals surface area contributed by atoms with Gasteiger partial charge in [0, 0.05) is 12.3 Å². The lowest BCUT2D eigenvalue weighted by Gasteiger charge is -2.45. The predicted octanol–water partition coefficient (Wildman–Crippen LogP) is 3.40. The Hall–Kier alpha value is -1.30. The van der Waals surface area contributed by atoms with E-state index >= 15 is 0 Å². The molecule has 0 spiro atoms. The van der Waals surface area contributed by atoms with Crippen molar-refractivity contribution in [3.63, 3.8) is 0 Å². The summed E-state index contributed by atoms with van der Waals surface area (Å²) < 4.78 is 13.3. The highest BCUT2D eigenvalue weighted by atomic mass is 28.3. The minimum Gasteiger partial charge on any atom is -0.384 e. The minimum absolute atomic E-state index is 0.229. The number of nitrogens with one attached hydrogen (secondary N) is 1. The third-order valence-corrected chi connectivity index (χ3v) is 7.31. The van der Waals surface area contributed by atoms with Crippen LogP contribution in [0.5, 0.6) is 0 Å². The van der Waals surface area contributed by atoms with Crippen molar-refractivity contribution in [1.29, 1.82) is 0 Å². The number of rotatable bonds is 13. The third kappa shape index (κ3) is 6.72. The van der Waals surface area contributed by atoms with Crippen LogP contribution < -0.4 is 11.2 Å². The van der Waals surface area contributed by atoms with Crippen LogP contribution in [0.1, 0.15) is 92.2 Å². The van der Waals surface area contributed by atoms with E-state index in [9.17, 15) is 19.8 Å². The first-order chi connectivity index (χ1) is 16.3. The van der Waals surface area contributed by atoms with Gasteiger partial charge in [-0.2, -0.15) is 0 Å². The van der Waals surface area contributed by atoms with Crippen molar-refractivity contribution < 1.29 is 24.4 Å². The number of aliphatic hydroxyl groups is 2. The summed E-state index contributed by atoms with van der Waals surface area (Å²) in [5.41, 5.74) is -5.26. The zero-order valence-corrected chi connectivity index (χ0v) is 23.7. The average Bonchev–Trinajstić information content (AvgIpc) is 2.96. The molecule has 0 amide bonds. The lowest BCUT2D eigenvalue weighted by Crippen LogP contribution is -2.62. The van der Waals surface area contributed by atoms with Gasteiger partial charge in [-0.3, -0.25) is 18.9 Å². The summed E-state index contributed by atoms with van der Waals surface area (Å²) in [4.78, 5) is 32.7. The first kappa shape index (κ1) is 29.9. The van der Waals surface area contributed by atoms with Crippen LogP contribution in [-0.2, 0) is 14.2 Å². The molecule has 0 aromatic carbocycles. The predicted molar refractivity (Wildman–Crippen MR) is 138 cm³/mol. The maximum atomic E-state index is 12.8. The Labute approximate surface area is 210 Å². The monoisotopic (exact) mass is 514 g/mol. The molecule has 3 N–H and O–H groups in total.